The van der Waals surface area contributed by atoms with Gasteiger partial charge >= 0.3 is 0 Å². The number of ether oxygens (including phenoxy) is 1. The first-order valence-electron chi connectivity index (χ1n) is 9.31. The lowest BCUT2D eigenvalue weighted by molar-refractivity contribution is -0.384. The SMILES string of the molecule is CCOc1cccc(N2C(=O)C(c3ccc([N+](=O)[O-])cc3)=C(N(C)CCO)C2=O)c1. The number of likely N-dealkylation sites (N-methyl/N-ethyl adjacent to an activating group) is 1. The maximum atomic E-state index is 13.3. The Morgan fingerprint density at radius 1 is 1.13 bits per heavy atom. The van der Waals surface area contributed by atoms with Crippen molar-refractivity contribution in [1.82, 2.24) is 4.90 Å². The third kappa shape index (κ3) is 3.87. The molecule has 0 bridgehead atoms. The molecule has 1 aliphatic heterocycles. The Labute approximate surface area is 172 Å². The molecule has 3 rings (SSSR count). The minimum atomic E-state index is -0.553. The molecule has 1 aliphatic rings. The monoisotopic (exact) mass is 411 g/mol. The summed E-state index contributed by atoms with van der Waals surface area (Å²) in [4.78, 5) is 39.5. The molecule has 1 heterocycles. The lowest BCUT2D eigenvalue weighted by atomic mass is 10.0. The smallest absolute Gasteiger partial charge is 0.282 e. The van der Waals surface area contributed by atoms with E-state index in [4.69, 9.17) is 4.74 Å². The Hall–Kier alpha value is -3.72. The van der Waals surface area contributed by atoms with Crippen molar-refractivity contribution < 1.29 is 24.4 Å². The van der Waals surface area contributed by atoms with E-state index in [0.29, 0.717) is 23.6 Å². The van der Waals surface area contributed by atoms with Crippen molar-refractivity contribution in [3.05, 3.63) is 69.9 Å². The predicted octanol–water partition coefficient (Wildman–Crippen LogP) is 2.20. The lowest BCUT2D eigenvalue weighted by Crippen LogP contribution is -2.34. The molecule has 2 aromatic rings. The number of amides is 2. The van der Waals surface area contributed by atoms with E-state index in [1.807, 2.05) is 6.92 Å². The first-order chi connectivity index (χ1) is 14.4. The highest BCUT2D eigenvalue weighted by molar-refractivity contribution is 6.45. The number of nitro benzene ring substituents is 1. The van der Waals surface area contributed by atoms with Crippen LogP contribution in [0.4, 0.5) is 11.4 Å². The second-order valence-corrected chi connectivity index (χ2v) is 6.55. The van der Waals surface area contributed by atoms with Crippen molar-refractivity contribution in [1.29, 1.82) is 0 Å². The average Bonchev–Trinajstić information content (AvgIpc) is 2.99. The largest absolute Gasteiger partial charge is 0.494 e. The standard InChI is InChI=1S/C21H21N3O6/c1-3-30-17-6-4-5-16(13-17)23-20(26)18(19(21(23)27)22(2)11-12-25)14-7-9-15(10-8-14)24(28)29/h4-10,13,25H,3,11-12H2,1-2H3. The van der Waals surface area contributed by atoms with Gasteiger partial charge in [0.2, 0.25) is 0 Å². The first kappa shape index (κ1) is 21.0. The number of non-ortho nitro benzene ring substituents is 1. The van der Waals surface area contributed by atoms with Gasteiger partial charge in [0.15, 0.2) is 0 Å². The van der Waals surface area contributed by atoms with Gasteiger partial charge in [-0.2, -0.15) is 0 Å². The summed E-state index contributed by atoms with van der Waals surface area (Å²) in [5, 5.41) is 20.3. The zero-order valence-electron chi connectivity index (χ0n) is 16.6. The molecule has 2 amide bonds. The number of imide groups is 1. The summed E-state index contributed by atoms with van der Waals surface area (Å²) in [6.45, 7) is 2.18. The summed E-state index contributed by atoms with van der Waals surface area (Å²) in [6.07, 6.45) is 0. The number of aliphatic hydroxyl groups excluding tert-OH is 1. The Morgan fingerprint density at radius 3 is 2.43 bits per heavy atom. The topological polar surface area (TPSA) is 113 Å². The first-order valence-corrected chi connectivity index (χ1v) is 9.31. The van der Waals surface area contributed by atoms with Crippen LogP contribution in [0.3, 0.4) is 0 Å². The molecule has 0 atom stereocenters. The molecular formula is C21H21N3O6. The molecule has 0 spiro atoms. The summed E-state index contributed by atoms with van der Waals surface area (Å²) in [5.41, 5.74) is 0.838. The van der Waals surface area contributed by atoms with Crippen LogP contribution in [0.5, 0.6) is 5.75 Å². The minimum Gasteiger partial charge on any atom is -0.494 e. The van der Waals surface area contributed by atoms with Gasteiger partial charge in [0.25, 0.3) is 17.5 Å². The van der Waals surface area contributed by atoms with E-state index in [9.17, 15) is 24.8 Å². The quantitative estimate of drug-likeness (QED) is 0.402. The molecule has 1 N–H and O–H groups in total. The second kappa shape index (κ2) is 8.75. The van der Waals surface area contributed by atoms with Crippen LogP contribution in [0, 0.1) is 10.1 Å². The molecule has 9 heteroatoms. The number of hydrogen-bond acceptors (Lipinski definition) is 7. The van der Waals surface area contributed by atoms with E-state index in [1.165, 1.54) is 29.2 Å². The normalized spacial score (nSPS) is 13.8. The number of hydrogen-bond donors (Lipinski definition) is 1. The molecule has 0 saturated carbocycles. The number of rotatable bonds is 8. The van der Waals surface area contributed by atoms with Crippen LogP contribution in [0.1, 0.15) is 12.5 Å². The van der Waals surface area contributed by atoms with Crippen LogP contribution in [-0.2, 0) is 9.59 Å². The fourth-order valence-electron chi connectivity index (χ4n) is 3.26. The van der Waals surface area contributed by atoms with Gasteiger partial charge < -0.3 is 14.7 Å². The number of carbonyl (C=O) groups is 2. The van der Waals surface area contributed by atoms with Crippen LogP contribution in [0.25, 0.3) is 5.57 Å². The van der Waals surface area contributed by atoms with Gasteiger partial charge in [0.05, 0.1) is 29.4 Å². The molecule has 30 heavy (non-hydrogen) atoms. The van der Waals surface area contributed by atoms with E-state index in [-0.39, 0.29) is 30.1 Å². The lowest BCUT2D eigenvalue weighted by Gasteiger charge is -2.20. The van der Waals surface area contributed by atoms with E-state index in [0.717, 1.165) is 4.90 Å². The van der Waals surface area contributed by atoms with Crippen LogP contribution in [0.2, 0.25) is 0 Å². The molecule has 0 aliphatic carbocycles. The van der Waals surface area contributed by atoms with Crippen molar-refractivity contribution in [2.75, 3.05) is 31.7 Å². The van der Waals surface area contributed by atoms with Gasteiger partial charge in [-0.05, 0) is 36.8 Å². The third-order valence-electron chi connectivity index (χ3n) is 4.63. The maximum absolute atomic E-state index is 13.3. The van der Waals surface area contributed by atoms with Crippen LogP contribution >= 0.6 is 0 Å². The molecule has 2 aromatic carbocycles. The number of benzene rings is 2. The number of nitro groups is 1. The number of carbonyl (C=O) groups excluding carboxylic acids is 2. The fourth-order valence-corrected chi connectivity index (χ4v) is 3.26. The van der Waals surface area contributed by atoms with E-state index < -0.39 is 16.7 Å². The highest BCUT2D eigenvalue weighted by atomic mass is 16.6. The number of nitrogens with zero attached hydrogens (tertiary/aromatic N) is 3. The zero-order chi connectivity index (χ0) is 21.8. The molecule has 0 saturated heterocycles. The zero-order valence-corrected chi connectivity index (χ0v) is 16.6. The van der Waals surface area contributed by atoms with Gasteiger partial charge in [-0.3, -0.25) is 19.7 Å². The highest BCUT2D eigenvalue weighted by Crippen LogP contribution is 2.35. The van der Waals surface area contributed by atoms with Gasteiger partial charge in [-0.15, -0.1) is 0 Å². The van der Waals surface area contributed by atoms with Crippen LogP contribution in [0.15, 0.2) is 54.2 Å². The predicted molar refractivity (Wildman–Crippen MR) is 110 cm³/mol. The fraction of sp³-hybridized carbons (Fsp3) is 0.238. The van der Waals surface area contributed by atoms with Crippen LogP contribution in [-0.4, -0.2) is 53.6 Å². The molecule has 0 fully saturated rings. The molecule has 0 aromatic heterocycles. The van der Waals surface area contributed by atoms with Crippen LogP contribution < -0.4 is 9.64 Å². The minimum absolute atomic E-state index is 0.115. The third-order valence-corrected chi connectivity index (χ3v) is 4.63. The van der Waals surface area contributed by atoms with Gasteiger partial charge in [0, 0.05) is 31.8 Å². The highest BCUT2D eigenvalue weighted by Gasteiger charge is 2.41. The second-order valence-electron chi connectivity index (χ2n) is 6.55. The number of anilines is 1. The Morgan fingerprint density at radius 2 is 1.83 bits per heavy atom. The summed E-state index contributed by atoms with van der Waals surface area (Å²) in [5.74, 6) is -0.579. The van der Waals surface area contributed by atoms with E-state index in [2.05, 4.69) is 0 Å². The molecule has 156 valence electrons. The summed E-state index contributed by atoms with van der Waals surface area (Å²) in [6, 6.07) is 12.1. The Balaban J connectivity index is 2.08. The van der Waals surface area contributed by atoms with Crippen molar-refractivity contribution in [2.45, 2.75) is 6.92 Å². The molecule has 9 nitrogen and oxygen atoms in total. The van der Waals surface area contributed by atoms with Crippen molar-refractivity contribution in [3.8, 4) is 5.75 Å². The van der Waals surface area contributed by atoms with Crippen molar-refractivity contribution in [3.63, 3.8) is 0 Å². The maximum Gasteiger partial charge on any atom is 0.282 e. The van der Waals surface area contributed by atoms with Gasteiger partial charge in [-0.1, -0.05) is 6.07 Å². The molecular weight excluding hydrogens is 390 g/mol. The Kier molecular flexibility index (Phi) is 6.12. The molecule has 0 radical (unpaired) electrons. The van der Waals surface area contributed by atoms with Crippen molar-refractivity contribution in [2.24, 2.45) is 0 Å². The van der Waals surface area contributed by atoms with Gasteiger partial charge in [-0.25, -0.2) is 4.90 Å². The van der Waals surface area contributed by atoms with E-state index >= 15 is 0 Å². The van der Waals surface area contributed by atoms with E-state index in [1.54, 1.807) is 31.3 Å². The number of aliphatic hydroxyl groups is 1. The average molecular weight is 411 g/mol. The summed E-state index contributed by atoms with van der Waals surface area (Å²) >= 11 is 0. The van der Waals surface area contributed by atoms with Gasteiger partial charge in [0.1, 0.15) is 11.4 Å². The van der Waals surface area contributed by atoms with Crippen molar-refractivity contribution >= 4 is 28.8 Å². The Bertz CT molecular complexity index is 1020. The summed E-state index contributed by atoms with van der Waals surface area (Å²) in [7, 11) is 1.60. The molecule has 0 unspecified atom stereocenters. The summed E-state index contributed by atoms with van der Waals surface area (Å²) < 4.78 is 5.47.